The topological polar surface area (TPSA) is 102 Å². The molecule has 0 aliphatic heterocycles. The molecule has 0 saturated heterocycles. The second-order valence-electron chi connectivity index (χ2n) is 3.71. The molecule has 1 aromatic heterocycles. The minimum absolute atomic E-state index is 0.273. The van der Waals surface area contributed by atoms with Gasteiger partial charge in [0.15, 0.2) is 5.16 Å². The summed E-state index contributed by atoms with van der Waals surface area (Å²) in [5.74, 6) is 0.453. The highest BCUT2D eigenvalue weighted by Gasteiger charge is 2.07. The highest BCUT2D eigenvalue weighted by molar-refractivity contribution is 7.98. The lowest BCUT2D eigenvalue weighted by Gasteiger charge is -2.04. The summed E-state index contributed by atoms with van der Waals surface area (Å²) >= 11 is 1.22. The van der Waals surface area contributed by atoms with E-state index in [0.717, 1.165) is 0 Å². The van der Waals surface area contributed by atoms with E-state index in [-0.39, 0.29) is 17.2 Å². The fourth-order valence-electron chi connectivity index (χ4n) is 1.40. The van der Waals surface area contributed by atoms with E-state index in [9.17, 15) is 4.39 Å². The Morgan fingerprint density at radius 1 is 1.21 bits per heavy atom. The van der Waals surface area contributed by atoms with Crippen LogP contribution in [-0.2, 0) is 5.75 Å². The highest BCUT2D eigenvalue weighted by Crippen LogP contribution is 2.23. The zero-order valence-corrected chi connectivity index (χ0v) is 10.6. The normalized spacial score (nSPS) is 10.1. The van der Waals surface area contributed by atoms with Crippen molar-refractivity contribution in [3.63, 3.8) is 0 Å². The van der Waals surface area contributed by atoms with Gasteiger partial charge in [0.1, 0.15) is 17.5 Å². The molecule has 2 aromatic rings. The van der Waals surface area contributed by atoms with Gasteiger partial charge >= 0.3 is 0 Å². The van der Waals surface area contributed by atoms with E-state index >= 15 is 0 Å². The summed E-state index contributed by atoms with van der Waals surface area (Å²) in [5.41, 5.74) is 11.8. The molecule has 0 unspecified atom stereocenters. The van der Waals surface area contributed by atoms with Crippen LogP contribution in [0.15, 0.2) is 29.4 Å². The van der Waals surface area contributed by atoms with Crippen LogP contribution in [0.3, 0.4) is 0 Å². The van der Waals surface area contributed by atoms with Gasteiger partial charge in [-0.05, 0) is 17.7 Å². The third-order valence-corrected chi connectivity index (χ3v) is 3.18. The van der Waals surface area contributed by atoms with Crippen LogP contribution < -0.4 is 11.5 Å². The Kier molecular flexibility index (Phi) is 3.82. The van der Waals surface area contributed by atoms with Crippen LogP contribution in [0.25, 0.3) is 0 Å². The predicted molar refractivity (Wildman–Crippen MR) is 71.5 cm³/mol. The number of hydrogen-bond donors (Lipinski definition) is 2. The SMILES string of the molecule is N#Cc1ccc(CSc2nc(N)cc(N)n2)c(F)c1. The van der Waals surface area contributed by atoms with Gasteiger partial charge in [-0.3, -0.25) is 0 Å². The van der Waals surface area contributed by atoms with Gasteiger partial charge in [0.2, 0.25) is 0 Å². The molecule has 1 aromatic carbocycles. The van der Waals surface area contributed by atoms with Crippen molar-refractivity contribution in [3.05, 3.63) is 41.2 Å². The van der Waals surface area contributed by atoms with E-state index in [0.29, 0.717) is 16.5 Å². The first-order chi connectivity index (χ1) is 9.08. The molecule has 0 atom stereocenters. The summed E-state index contributed by atoms with van der Waals surface area (Å²) in [4.78, 5) is 7.97. The van der Waals surface area contributed by atoms with Gasteiger partial charge in [-0.2, -0.15) is 5.26 Å². The fourth-order valence-corrected chi connectivity index (χ4v) is 2.26. The van der Waals surface area contributed by atoms with Crippen LogP contribution in [-0.4, -0.2) is 9.97 Å². The molecule has 0 aliphatic rings. The molecule has 0 bridgehead atoms. The molecule has 96 valence electrons. The number of nitriles is 1. The standard InChI is InChI=1S/C12H10FN5S/c13-9-3-7(5-14)1-2-8(9)6-19-12-17-10(15)4-11(16)18-12/h1-4H,6H2,(H4,15,16,17,18). The Hall–Kier alpha value is -2.33. The first-order valence-corrected chi connectivity index (χ1v) is 6.28. The van der Waals surface area contributed by atoms with Gasteiger partial charge in [0.25, 0.3) is 0 Å². The number of rotatable bonds is 3. The van der Waals surface area contributed by atoms with Crippen molar-refractivity contribution in [2.45, 2.75) is 10.9 Å². The maximum absolute atomic E-state index is 13.6. The Morgan fingerprint density at radius 3 is 2.47 bits per heavy atom. The van der Waals surface area contributed by atoms with Gasteiger partial charge in [-0.25, -0.2) is 14.4 Å². The van der Waals surface area contributed by atoms with Gasteiger partial charge < -0.3 is 11.5 Å². The number of nitrogen functional groups attached to an aromatic ring is 2. The molecule has 1 heterocycles. The molecule has 0 amide bonds. The molecule has 0 aliphatic carbocycles. The van der Waals surface area contributed by atoms with Crippen LogP contribution in [0, 0.1) is 17.1 Å². The molecule has 5 nitrogen and oxygen atoms in total. The molecular formula is C12H10FN5S. The van der Waals surface area contributed by atoms with Crippen molar-refractivity contribution in [1.82, 2.24) is 9.97 Å². The summed E-state index contributed by atoms with van der Waals surface area (Å²) in [6.45, 7) is 0. The second kappa shape index (κ2) is 5.54. The molecule has 0 fully saturated rings. The predicted octanol–water partition coefficient (Wildman–Crippen LogP) is 1.94. The fraction of sp³-hybridized carbons (Fsp3) is 0.0833. The molecule has 0 spiro atoms. The van der Waals surface area contributed by atoms with E-state index in [1.54, 1.807) is 12.1 Å². The smallest absolute Gasteiger partial charge is 0.191 e. The number of hydrogen-bond acceptors (Lipinski definition) is 6. The third kappa shape index (κ3) is 3.33. The first-order valence-electron chi connectivity index (χ1n) is 5.30. The lowest BCUT2D eigenvalue weighted by atomic mass is 10.1. The number of halogens is 1. The number of benzene rings is 1. The van der Waals surface area contributed by atoms with Gasteiger partial charge in [0, 0.05) is 11.8 Å². The average Bonchev–Trinajstić information content (AvgIpc) is 2.36. The highest BCUT2D eigenvalue weighted by atomic mass is 32.2. The molecule has 4 N–H and O–H groups in total. The maximum Gasteiger partial charge on any atom is 0.191 e. The number of nitrogens with zero attached hydrogens (tertiary/aromatic N) is 3. The first kappa shape index (κ1) is 13.1. The molecule has 19 heavy (non-hydrogen) atoms. The van der Waals surface area contributed by atoms with E-state index < -0.39 is 5.82 Å². The molecule has 0 radical (unpaired) electrons. The van der Waals surface area contributed by atoms with E-state index in [1.807, 2.05) is 6.07 Å². The van der Waals surface area contributed by atoms with Crippen LogP contribution in [0.4, 0.5) is 16.0 Å². The lowest BCUT2D eigenvalue weighted by Crippen LogP contribution is -1.99. The zero-order valence-electron chi connectivity index (χ0n) is 9.80. The number of aromatic nitrogens is 2. The van der Waals surface area contributed by atoms with Crippen molar-refractivity contribution in [2.24, 2.45) is 0 Å². The van der Waals surface area contributed by atoms with E-state index in [2.05, 4.69) is 9.97 Å². The number of thioether (sulfide) groups is 1. The van der Waals surface area contributed by atoms with Crippen molar-refractivity contribution >= 4 is 23.4 Å². The Labute approximate surface area is 113 Å². The van der Waals surface area contributed by atoms with Crippen LogP contribution in [0.1, 0.15) is 11.1 Å². The summed E-state index contributed by atoms with van der Waals surface area (Å²) in [7, 11) is 0. The molecule has 7 heteroatoms. The van der Waals surface area contributed by atoms with Crippen LogP contribution in [0.2, 0.25) is 0 Å². The molecule has 0 saturated carbocycles. The molecule has 2 rings (SSSR count). The minimum Gasteiger partial charge on any atom is -0.383 e. The zero-order chi connectivity index (χ0) is 13.8. The summed E-state index contributed by atoms with van der Waals surface area (Å²) in [5, 5.41) is 9.04. The summed E-state index contributed by atoms with van der Waals surface area (Å²) in [6.07, 6.45) is 0. The second-order valence-corrected chi connectivity index (χ2v) is 4.65. The largest absolute Gasteiger partial charge is 0.383 e. The monoisotopic (exact) mass is 275 g/mol. The van der Waals surface area contributed by atoms with Gasteiger partial charge in [-0.15, -0.1) is 0 Å². The van der Waals surface area contributed by atoms with E-state index in [1.165, 1.54) is 23.9 Å². The van der Waals surface area contributed by atoms with E-state index in [4.69, 9.17) is 16.7 Å². The number of nitrogens with two attached hydrogens (primary N) is 2. The van der Waals surface area contributed by atoms with Crippen molar-refractivity contribution in [1.29, 1.82) is 5.26 Å². The quantitative estimate of drug-likeness (QED) is 0.655. The average molecular weight is 275 g/mol. The Morgan fingerprint density at radius 2 is 1.89 bits per heavy atom. The van der Waals surface area contributed by atoms with Gasteiger partial charge in [0.05, 0.1) is 11.6 Å². The van der Waals surface area contributed by atoms with Crippen LogP contribution >= 0.6 is 11.8 Å². The van der Waals surface area contributed by atoms with Crippen LogP contribution in [0.5, 0.6) is 0 Å². The van der Waals surface area contributed by atoms with Crippen molar-refractivity contribution in [2.75, 3.05) is 11.5 Å². The third-order valence-electron chi connectivity index (χ3n) is 2.28. The Balaban J connectivity index is 2.12. The van der Waals surface area contributed by atoms with Crippen molar-refractivity contribution in [3.8, 4) is 6.07 Å². The Bertz CT molecular complexity index is 633. The maximum atomic E-state index is 13.6. The minimum atomic E-state index is -0.427. The number of anilines is 2. The lowest BCUT2D eigenvalue weighted by molar-refractivity contribution is 0.617. The van der Waals surface area contributed by atoms with Crippen molar-refractivity contribution < 1.29 is 4.39 Å². The summed E-state index contributed by atoms with van der Waals surface area (Å²) in [6, 6.07) is 7.66. The summed E-state index contributed by atoms with van der Waals surface area (Å²) < 4.78 is 13.6. The van der Waals surface area contributed by atoms with Gasteiger partial charge in [-0.1, -0.05) is 17.8 Å². The molecular weight excluding hydrogens is 265 g/mol.